The van der Waals surface area contributed by atoms with Gasteiger partial charge in [0.05, 0.1) is 111 Å². The van der Waals surface area contributed by atoms with Crippen LogP contribution in [-0.2, 0) is 9.59 Å². The second-order valence-electron chi connectivity index (χ2n) is 12.0. The number of carbonyl (C=O) groups is 6. The van der Waals surface area contributed by atoms with Crippen molar-refractivity contribution in [1.82, 2.24) is 21.3 Å². The molecule has 6 unspecified atom stereocenters. The van der Waals surface area contributed by atoms with E-state index in [9.17, 15) is 69.6 Å². The average Bonchev–Trinajstić information content (AvgIpc) is 3.20. The number of nitrogens with zero attached hydrogens (tertiary/aromatic N) is 1. The lowest BCUT2D eigenvalue weighted by atomic mass is 10.0. The zero-order valence-electron chi connectivity index (χ0n) is 30.2. The van der Waals surface area contributed by atoms with E-state index < -0.39 is 110 Å². The molecule has 0 aliphatic rings. The smallest absolute Gasteiger partial charge is 0.259 e. The van der Waals surface area contributed by atoms with Crippen molar-refractivity contribution in [3.63, 3.8) is 0 Å². The number of hydrogen-bond donors (Lipinski definition) is 14. The van der Waals surface area contributed by atoms with Gasteiger partial charge in [0.2, 0.25) is 5.91 Å². The Morgan fingerprint density at radius 3 is 1.49 bits per heavy atom. The second-order valence-corrected chi connectivity index (χ2v) is 18.7. The average molecular weight is 1510 g/mol. The van der Waals surface area contributed by atoms with Crippen LogP contribution < -0.4 is 31.5 Å². The highest BCUT2D eigenvalue weighted by Crippen LogP contribution is 2.38. The van der Waals surface area contributed by atoms with Crippen LogP contribution in [0.1, 0.15) is 41.4 Å². The van der Waals surface area contributed by atoms with E-state index in [0.717, 1.165) is 4.90 Å². The summed E-state index contributed by atoms with van der Waals surface area (Å²) in [5, 5.41) is 99.1. The monoisotopic (exact) mass is 1510 g/mol. The Bertz CT molecular complexity index is 1850. The number of anilines is 2. The van der Waals surface area contributed by atoms with E-state index in [1.54, 1.807) is 136 Å². The van der Waals surface area contributed by atoms with Crippen molar-refractivity contribution in [2.75, 3.05) is 63.5 Å². The zero-order chi connectivity index (χ0) is 45.0. The van der Waals surface area contributed by atoms with Crippen LogP contribution in [0.25, 0.3) is 0 Å². The lowest BCUT2D eigenvalue weighted by molar-refractivity contribution is -0.119. The fourth-order valence-corrected chi connectivity index (χ4v) is 12.5. The number of rotatable bonds is 20. The van der Waals surface area contributed by atoms with E-state index in [1.807, 2.05) is 0 Å². The minimum atomic E-state index is -1.59. The number of hydrogen-bond acceptors (Lipinski definition) is 15. The highest BCUT2D eigenvalue weighted by atomic mass is 127. The van der Waals surface area contributed by atoms with E-state index in [1.165, 1.54) is 13.1 Å². The molecule has 328 valence electrons. The Balaban J connectivity index is 2.72. The topological polar surface area (TPSA) is 348 Å². The number of carbonyl (C=O) groups excluding carboxylic acids is 6. The Morgan fingerprint density at radius 1 is 0.627 bits per heavy atom. The minimum absolute atomic E-state index is 0.0104. The summed E-state index contributed by atoms with van der Waals surface area (Å²) in [4.78, 5) is 81.9. The summed E-state index contributed by atoms with van der Waals surface area (Å²) in [5.41, 5.74) is -0.869. The number of likely N-dealkylation sites (N-methyl/N-ethyl adjacent to an activating group) is 1. The predicted octanol–water partition coefficient (Wildman–Crippen LogP) is -2.23. The van der Waals surface area contributed by atoms with Crippen LogP contribution in [-0.4, -0.2) is 169 Å². The van der Waals surface area contributed by atoms with Crippen LogP contribution in [0.5, 0.6) is 0 Å². The summed E-state index contributed by atoms with van der Waals surface area (Å²) in [6.07, 6.45) is -4.49. The van der Waals surface area contributed by atoms with Crippen LogP contribution in [0.15, 0.2) is 6.07 Å². The normalized spacial score (nSPS) is 14.2. The summed E-state index contributed by atoms with van der Waals surface area (Å²) < 4.78 is -1.03. The van der Waals surface area contributed by atoms with E-state index in [0.29, 0.717) is 0 Å². The summed E-state index contributed by atoms with van der Waals surface area (Å²) in [6.45, 7) is -5.22. The lowest BCUT2D eigenvalue weighted by Gasteiger charge is -2.28. The first-order valence-electron chi connectivity index (χ1n) is 16.5. The largest absolute Gasteiger partial charge is 0.394 e. The van der Waals surface area contributed by atoms with Gasteiger partial charge >= 0.3 is 0 Å². The van der Waals surface area contributed by atoms with Crippen LogP contribution in [0.2, 0.25) is 0 Å². The van der Waals surface area contributed by atoms with Crippen LogP contribution in [0.3, 0.4) is 0 Å². The second kappa shape index (κ2) is 25.5. The summed E-state index contributed by atoms with van der Waals surface area (Å²) in [6, 6.07) is -1.56. The van der Waals surface area contributed by atoms with Gasteiger partial charge in [-0.15, -0.1) is 0 Å². The Morgan fingerprint density at radius 2 is 1.08 bits per heavy atom. The molecule has 0 aromatic heterocycles. The molecule has 0 saturated heterocycles. The third kappa shape index (κ3) is 13.9. The minimum Gasteiger partial charge on any atom is -0.394 e. The number of aliphatic hydroxyl groups is 9. The van der Waals surface area contributed by atoms with Crippen molar-refractivity contribution in [2.24, 2.45) is 0 Å². The molecule has 2 aromatic rings. The number of aliphatic hydroxyl groups excluding tert-OH is 9. The molecular formula is C32H38I6N6O15. The number of amides is 6. The van der Waals surface area contributed by atoms with Crippen LogP contribution in [0, 0.1) is 17.9 Å². The molecule has 0 fully saturated rings. The van der Waals surface area contributed by atoms with Gasteiger partial charge in [-0.25, -0.2) is 0 Å². The van der Waals surface area contributed by atoms with Gasteiger partial charge < -0.3 is 77.4 Å². The van der Waals surface area contributed by atoms with Gasteiger partial charge in [0.25, 0.3) is 29.5 Å². The number of nitrogens with one attached hydrogen (secondary N) is 5. The SMILES string of the molecule is CN(C(=O)C(I)NC(=O)c1cc(C(=O)NCC(O)CO)c(I)c(NC(=O)CO)c1I)c1c(I)c(C(=O)NC(CO)C(O)CO)c(I)c(C(=O)NC(CO)C(O)CO)c1I. The standard InChI is InChI=1S/C32H38I6N6O15/c1-44(32(59)27(38)43-29(56)12-2-11(28(55)39-3-10(51)4-45)20(33)25(21(12)34)42-17(54)9-50)26-23(36)18(30(57)40-13(5-46)15(52)7-48)22(35)19(24(26)37)31(58)41-14(6-47)16(53)8-49/h2,10,13-16,27,45-53H,3-9H2,1H3,(H,39,55)(H,40,57)(H,41,58)(H,42,54)(H,43,56). The van der Waals surface area contributed by atoms with Crippen LogP contribution in [0.4, 0.5) is 11.4 Å². The third-order valence-electron chi connectivity index (χ3n) is 8.02. The van der Waals surface area contributed by atoms with Gasteiger partial charge in [0.15, 0.2) is 4.05 Å². The Kier molecular flexibility index (Phi) is 23.6. The van der Waals surface area contributed by atoms with E-state index in [4.69, 9.17) is 5.11 Å². The summed E-state index contributed by atoms with van der Waals surface area (Å²) in [5.74, 6) is -5.32. The quantitative estimate of drug-likeness (QED) is 0.0379. The molecule has 0 aliphatic heterocycles. The molecule has 6 amide bonds. The first-order chi connectivity index (χ1) is 27.7. The highest BCUT2D eigenvalue weighted by molar-refractivity contribution is 14.1. The first-order valence-corrected chi connectivity index (χ1v) is 23.1. The lowest BCUT2D eigenvalue weighted by Crippen LogP contribution is -2.49. The Hall–Kier alpha value is -0.720. The summed E-state index contributed by atoms with van der Waals surface area (Å²) >= 11 is 10.2. The fraction of sp³-hybridized carbons (Fsp3) is 0.438. The molecule has 0 bridgehead atoms. The van der Waals surface area contributed by atoms with Crippen LogP contribution >= 0.6 is 136 Å². The molecule has 0 aliphatic carbocycles. The molecule has 2 aromatic carbocycles. The molecule has 59 heavy (non-hydrogen) atoms. The molecule has 27 heteroatoms. The van der Waals surface area contributed by atoms with E-state index >= 15 is 0 Å². The highest BCUT2D eigenvalue weighted by Gasteiger charge is 2.35. The summed E-state index contributed by atoms with van der Waals surface area (Å²) in [7, 11) is 1.27. The molecule has 14 N–H and O–H groups in total. The van der Waals surface area contributed by atoms with Crippen molar-refractivity contribution in [3.8, 4) is 0 Å². The maximum Gasteiger partial charge on any atom is 0.259 e. The van der Waals surface area contributed by atoms with Crippen molar-refractivity contribution in [1.29, 1.82) is 0 Å². The van der Waals surface area contributed by atoms with Gasteiger partial charge in [-0.1, -0.05) is 0 Å². The van der Waals surface area contributed by atoms with Gasteiger partial charge in [-0.05, 0) is 142 Å². The van der Waals surface area contributed by atoms with E-state index in [-0.39, 0.29) is 58.0 Å². The predicted molar refractivity (Wildman–Crippen MR) is 259 cm³/mol. The van der Waals surface area contributed by atoms with Crippen molar-refractivity contribution < 1.29 is 74.7 Å². The molecule has 0 spiro atoms. The van der Waals surface area contributed by atoms with Gasteiger partial charge in [0, 0.05) is 17.2 Å². The van der Waals surface area contributed by atoms with Crippen molar-refractivity contribution in [3.05, 3.63) is 46.2 Å². The molecular weight excluding hydrogens is 1470 g/mol. The van der Waals surface area contributed by atoms with Crippen molar-refractivity contribution in [2.45, 2.75) is 34.4 Å². The first kappa shape index (κ1) is 54.4. The van der Waals surface area contributed by atoms with Gasteiger partial charge in [-0.2, -0.15) is 0 Å². The molecule has 0 heterocycles. The molecule has 2 rings (SSSR count). The molecule has 0 saturated carbocycles. The maximum atomic E-state index is 14.1. The molecule has 6 atom stereocenters. The number of benzene rings is 2. The fourth-order valence-electron chi connectivity index (χ4n) is 4.77. The molecule has 0 radical (unpaired) electrons. The third-order valence-corrected chi connectivity index (χ3v) is 14.3. The molecule has 21 nitrogen and oxygen atoms in total. The Labute approximate surface area is 417 Å². The zero-order valence-corrected chi connectivity index (χ0v) is 43.1. The van der Waals surface area contributed by atoms with Gasteiger partial charge in [0.1, 0.15) is 6.61 Å². The maximum absolute atomic E-state index is 14.1. The van der Waals surface area contributed by atoms with E-state index in [2.05, 4.69) is 26.6 Å². The number of halogens is 6. The van der Waals surface area contributed by atoms with Crippen molar-refractivity contribution >= 4 is 182 Å². The number of alkyl halides is 1. The van der Waals surface area contributed by atoms with Gasteiger partial charge in [-0.3, -0.25) is 28.8 Å².